The van der Waals surface area contributed by atoms with E-state index in [1.807, 2.05) is 5.32 Å². The van der Waals surface area contributed by atoms with Gasteiger partial charge in [-0.25, -0.2) is 0 Å². The number of carbonyl (C=O) groups is 2. The van der Waals surface area contributed by atoms with Gasteiger partial charge >= 0.3 is 58.4 Å². The summed E-state index contributed by atoms with van der Waals surface area (Å²) in [4.78, 5) is 23.1. The fraction of sp³-hybridized carbons (Fsp3) is 0.714. The van der Waals surface area contributed by atoms with Crippen molar-refractivity contribution in [2.75, 3.05) is 13.0 Å². The first-order valence-corrected chi connectivity index (χ1v) is 4.43. The molecule has 16 heavy (non-hydrogen) atoms. The fourth-order valence-electron chi connectivity index (χ4n) is 1.38. The molecule has 0 atom stereocenters. The Morgan fingerprint density at radius 2 is 1.88 bits per heavy atom. The Hall–Kier alpha value is 0.591. The molecule has 1 rings (SSSR count). The van der Waals surface area contributed by atoms with Crippen LogP contribution in [0.5, 0.6) is 0 Å². The van der Waals surface area contributed by atoms with Crippen molar-refractivity contribution in [1.82, 2.24) is 10.2 Å². The summed E-state index contributed by atoms with van der Waals surface area (Å²) in [6, 6.07) is 0. The van der Waals surface area contributed by atoms with Crippen LogP contribution < -0.4 is 56.7 Å². The summed E-state index contributed by atoms with van der Waals surface area (Å²) in [7, 11) is 0. The van der Waals surface area contributed by atoms with E-state index in [1.165, 1.54) is 13.8 Å². The van der Waals surface area contributed by atoms with Gasteiger partial charge in [-0.05, 0) is 20.3 Å². The topological polar surface area (TPSA) is 49.4 Å². The molecule has 86 valence electrons. The Kier molecular flexibility index (Phi) is 5.69. The molecule has 1 fully saturated rings. The molecule has 0 unspecified atom stereocenters. The van der Waals surface area contributed by atoms with E-state index < -0.39 is 37.3 Å². The van der Waals surface area contributed by atoms with E-state index >= 15 is 0 Å². The number of rotatable bonds is 2. The molecule has 0 radical (unpaired) electrons. The summed E-state index contributed by atoms with van der Waals surface area (Å²) < 4.78 is 36.6. The van der Waals surface area contributed by atoms with Crippen molar-refractivity contribution in [3.8, 4) is 0 Å². The standard InChI is InChI=1S/C7H11BF3N2O2.K/c1-7(2)6(15)12-5(14)3-13(7)4-8(9,10)11;/h3-4H2,1-2H3,(H,12,14,15);/q-1;+1. The zero-order valence-corrected chi connectivity index (χ0v) is 12.5. The number of piperazine rings is 1. The van der Waals surface area contributed by atoms with Gasteiger partial charge in [0, 0.05) is 0 Å². The predicted octanol–water partition coefficient (Wildman–Crippen LogP) is -2.89. The summed E-state index contributed by atoms with van der Waals surface area (Å²) >= 11 is 0. The molecular weight excluding hydrogens is 251 g/mol. The first-order chi connectivity index (χ1) is 6.63. The van der Waals surface area contributed by atoms with Gasteiger partial charge in [0.2, 0.25) is 11.8 Å². The van der Waals surface area contributed by atoms with Gasteiger partial charge in [0.1, 0.15) is 0 Å². The fourth-order valence-corrected chi connectivity index (χ4v) is 1.38. The minimum Gasteiger partial charge on any atom is -0.448 e. The number of nitrogens with zero attached hydrogens (tertiary/aromatic N) is 1. The van der Waals surface area contributed by atoms with Crippen molar-refractivity contribution in [3.05, 3.63) is 0 Å². The molecule has 0 aromatic rings. The Morgan fingerprint density at radius 3 is 2.31 bits per heavy atom. The molecule has 0 aromatic heterocycles. The molecule has 0 saturated carbocycles. The summed E-state index contributed by atoms with van der Waals surface area (Å²) in [5.74, 6) is -1.39. The largest absolute Gasteiger partial charge is 1.00 e. The normalized spacial score (nSPS) is 21.3. The third-order valence-electron chi connectivity index (χ3n) is 2.36. The van der Waals surface area contributed by atoms with E-state index in [2.05, 4.69) is 0 Å². The van der Waals surface area contributed by atoms with Crippen molar-refractivity contribution in [3.63, 3.8) is 0 Å². The van der Waals surface area contributed by atoms with Crippen LogP contribution in [0.15, 0.2) is 0 Å². The van der Waals surface area contributed by atoms with Crippen molar-refractivity contribution in [1.29, 1.82) is 0 Å². The average molecular weight is 262 g/mol. The first-order valence-electron chi connectivity index (χ1n) is 4.43. The van der Waals surface area contributed by atoms with Gasteiger partial charge < -0.3 is 17.8 Å². The molecule has 1 N–H and O–H groups in total. The second-order valence-corrected chi connectivity index (χ2v) is 4.03. The summed E-state index contributed by atoms with van der Waals surface area (Å²) in [6.45, 7) is -2.73. The number of hydrogen-bond donors (Lipinski definition) is 1. The Labute approximate surface area is 134 Å². The van der Waals surface area contributed by atoms with Crippen molar-refractivity contribution in [2.45, 2.75) is 19.4 Å². The maximum atomic E-state index is 12.2. The van der Waals surface area contributed by atoms with Crippen molar-refractivity contribution >= 4 is 18.8 Å². The van der Waals surface area contributed by atoms with Crippen LogP contribution >= 0.6 is 0 Å². The molecule has 0 bridgehead atoms. The van der Waals surface area contributed by atoms with Gasteiger partial charge in [-0.3, -0.25) is 14.9 Å². The number of halogens is 3. The van der Waals surface area contributed by atoms with Gasteiger partial charge in [-0.1, -0.05) is 0 Å². The maximum absolute atomic E-state index is 12.2. The molecule has 1 aliphatic heterocycles. The van der Waals surface area contributed by atoms with E-state index in [0.29, 0.717) is 0 Å². The zero-order chi connectivity index (χ0) is 11.9. The maximum Gasteiger partial charge on any atom is 1.00 e. The summed E-state index contributed by atoms with van der Waals surface area (Å²) in [5.41, 5.74) is -1.30. The van der Waals surface area contributed by atoms with Gasteiger partial charge in [0.15, 0.2) is 0 Å². The second kappa shape index (κ2) is 5.49. The first kappa shape index (κ1) is 16.6. The van der Waals surface area contributed by atoms with E-state index in [0.717, 1.165) is 4.90 Å². The van der Waals surface area contributed by atoms with Gasteiger partial charge in [-0.2, -0.15) is 0 Å². The number of imide groups is 1. The summed E-state index contributed by atoms with van der Waals surface area (Å²) in [6.07, 6.45) is -1.20. The molecule has 1 saturated heterocycles. The molecule has 1 heterocycles. The minimum atomic E-state index is -5.04. The van der Waals surface area contributed by atoms with E-state index in [1.54, 1.807) is 0 Å². The van der Waals surface area contributed by atoms with E-state index in [-0.39, 0.29) is 51.4 Å². The number of nitrogens with one attached hydrogen (secondary N) is 1. The van der Waals surface area contributed by atoms with Crippen LogP contribution in [-0.4, -0.2) is 42.2 Å². The molecule has 2 amide bonds. The monoisotopic (exact) mass is 262 g/mol. The van der Waals surface area contributed by atoms with Crippen LogP contribution in [0.2, 0.25) is 0 Å². The number of hydrogen-bond acceptors (Lipinski definition) is 3. The van der Waals surface area contributed by atoms with Crippen LogP contribution in [0.4, 0.5) is 12.9 Å². The van der Waals surface area contributed by atoms with Crippen LogP contribution in [0.25, 0.3) is 0 Å². The van der Waals surface area contributed by atoms with Crippen LogP contribution in [-0.2, 0) is 9.59 Å². The summed E-state index contributed by atoms with van der Waals surface area (Å²) in [5, 5.41) is 2.01. The third kappa shape index (κ3) is 4.12. The minimum absolute atomic E-state index is 0. The SMILES string of the molecule is CC1(C)C(=O)NC(=O)CN1C[B-](F)(F)F.[K+]. The quantitative estimate of drug-likeness (QED) is 0.429. The number of amides is 2. The molecular formula is C7H11BF3KN2O2. The smallest absolute Gasteiger partial charge is 0.448 e. The predicted molar refractivity (Wildman–Crippen MR) is 47.9 cm³/mol. The van der Waals surface area contributed by atoms with Crippen LogP contribution in [0.1, 0.15) is 13.8 Å². The Morgan fingerprint density at radius 1 is 1.38 bits per heavy atom. The zero-order valence-electron chi connectivity index (χ0n) is 9.39. The van der Waals surface area contributed by atoms with Gasteiger partial charge in [0.25, 0.3) is 0 Å². The van der Waals surface area contributed by atoms with Gasteiger partial charge in [0.05, 0.1) is 12.1 Å². The second-order valence-electron chi connectivity index (χ2n) is 4.03. The molecule has 4 nitrogen and oxygen atoms in total. The third-order valence-corrected chi connectivity index (χ3v) is 2.36. The van der Waals surface area contributed by atoms with Crippen LogP contribution in [0.3, 0.4) is 0 Å². The molecule has 0 aliphatic carbocycles. The molecule has 9 heteroatoms. The average Bonchev–Trinajstić information content (AvgIpc) is 1.97. The molecule has 0 aromatic carbocycles. The number of carbonyl (C=O) groups excluding carboxylic acids is 2. The van der Waals surface area contributed by atoms with Crippen molar-refractivity contribution < 1.29 is 73.9 Å². The van der Waals surface area contributed by atoms with E-state index in [9.17, 15) is 22.5 Å². The van der Waals surface area contributed by atoms with Crippen molar-refractivity contribution in [2.24, 2.45) is 0 Å². The Balaban J connectivity index is 0.00000225. The van der Waals surface area contributed by atoms with Gasteiger partial charge in [-0.15, -0.1) is 0 Å². The molecule has 0 spiro atoms. The van der Waals surface area contributed by atoms with E-state index in [4.69, 9.17) is 0 Å². The molecule has 1 aliphatic rings. The Bertz CT molecular complexity index is 308. The van der Waals surface area contributed by atoms with Crippen LogP contribution in [0, 0.1) is 0 Å².